The van der Waals surface area contributed by atoms with E-state index >= 15 is 0 Å². The second-order valence-corrected chi connectivity index (χ2v) is 4.34. The third-order valence-corrected chi connectivity index (χ3v) is 2.90. The van der Waals surface area contributed by atoms with Gasteiger partial charge in [0, 0.05) is 6.42 Å². The Morgan fingerprint density at radius 2 is 2.15 bits per heavy atom. The van der Waals surface area contributed by atoms with Gasteiger partial charge in [0.2, 0.25) is 5.91 Å². The van der Waals surface area contributed by atoms with E-state index in [1.165, 1.54) is 19.2 Å². The fourth-order valence-corrected chi connectivity index (χ4v) is 1.73. The largest absolute Gasteiger partial charge is 0.494 e. The summed E-state index contributed by atoms with van der Waals surface area (Å²) in [5, 5.41) is 11.2. The van der Waals surface area contributed by atoms with Crippen molar-refractivity contribution in [1.82, 2.24) is 5.32 Å². The number of carboxylic acid groups (broad SMARTS) is 1. The number of ether oxygens (including phenoxy) is 1. The van der Waals surface area contributed by atoms with E-state index in [-0.39, 0.29) is 18.1 Å². The Morgan fingerprint density at radius 1 is 1.45 bits per heavy atom. The van der Waals surface area contributed by atoms with Crippen molar-refractivity contribution in [1.29, 1.82) is 0 Å². The van der Waals surface area contributed by atoms with Crippen molar-refractivity contribution in [2.24, 2.45) is 0 Å². The Morgan fingerprint density at radius 3 is 2.65 bits per heavy atom. The van der Waals surface area contributed by atoms with Gasteiger partial charge in [0.1, 0.15) is 6.04 Å². The lowest BCUT2D eigenvalue weighted by Crippen LogP contribution is -2.40. The average molecular weight is 283 g/mol. The minimum Gasteiger partial charge on any atom is -0.494 e. The molecule has 0 bridgehead atoms. The summed E-state index contributed by atoms with van der Waals surface area (Å²) in [6.45, 7) is 1.68. The molecule has 2 N–H and O–H groups in total. The predicted octanol–water partition coefficient (Wildman–Crippen LogP) is 1.75. The number of aliphatic carboxylic acids is 1. The number of carbonyl (C=O) groups excluding carboxylic acids is 1. The van der Waals surface area contributed by atoms with Crippen molar-refractivity contribution in [2.45, 2.75) is 32.2 Å². The first kappa shape index (κ1) is 15.9. The van der Waals surface area contributed by atoms with E-state index < -0.39 is 17.8 Å². The molecule has 1 unspecified atom stereocenters. The molecule has 0 radical (unpaired) electrons. The standard InChI is InChI=1S/C14H18FNO4/c1-3-11(14(18)19)16-13(17)7-5-9-4-6-12(20-2)10(15)8-9/h4,6,8,11H,3,5,7H2,1-2H3,(H,16,17)(H,18,19). The van der Waals surface area contributed by atoms with Crippen LogP contribution in [0, 0.1) is 5.82 Å². The van der Waals surface area contributed by atoms with Crippen LogP contribution in [0.1, 0.15) is 25.3 Å². The van der Waals surface area contributed by atoms with E-state index in [0.717, 1.165) is 0 Å². The van der Waals surface area contributed by atoms with Crippen molar-refractivity contribution in [3.05, 3.63) is 29.6 Å². The van der Waals surface area contributed by atoms with Gasteiger partial charge in [-0.25, -0.2) is 9.18 Å². The Balaban J connectivity index is 2.52. The third kappa shape index (κ3) is 4.53. The number of hydrogen-bond donors (Lipinski definition) is 2. The summed E-state index contributed by atoms with van der Waals surface area (Å²) >= 11 is 0. The number of aryl methyl sites for hydroxylation is 1. The number of benzene rings is 1. The number of halogens is 1. The molecular weight excluding hydrogens is 265 g/mol. The zero-order valence-corrected chi connectivity index (χ0v) is 11.5. The van der Waals surface area contributed by atoms with Gasteiger partial charge in [0.15, 0.2) is 11.6 Å². The number of amides is 1. The van der Waals surface area contributed by atoms with Gasteiger partial charge >= 0.3 is 5.97 Å². The van der Waals surface area contributed by atoms with Gasteiger partial charge in [0.05, 0.1) is 7.11 Å². The van der Waals surface area contributed by atoms with Crippen LogP contribution in [0.2, 0.25) is 0 Å². The number of nitrogens with one attached hydrogen (secondary N) is 1. The molecule has 1 aromatic rings. The molecule has 1 amide bonds. The molecule has 0 saturated carbocycles. The molecule has 5 nitrogen and oxygen atoms in total. The summed E-state index contributed by atoms with van der Waals surface area (Å²) in [6.07, 6.45) is 0.761. The van der Waals surface area contributed by atoms with Gasteiger partial charge in [0.25, 0.3) is 0 Å². The second kappa shape index (κ2) is 7.47. The summed E-state index contributed by atoms with van der Waals surface area (Å²) in [7, 11) is 1.38. The third-order valence-electron chi connectivity index (χ3n) is 2.90. The molecule has 20 heavy (non-hydrogen) atoms. The quantitative estimate of drug-likeness (QED) is 0.799. The van der Waals surface area contributed by atoms with Crippen LogP contribution < -0.4 is 10.1 Å². The topological polar surface area (TPSA) is 75.6 Å². The van der Waals surface area contributed by atoms with Gasteiger partial charge < -0.3 is 15.2 Å². The summed E-state index contributed by atoms with van der Waals surface area (Å²) in [5.74, 6) is -1.76. The van der Waals surface area contributed by atoms with E-state index in [1.807, 2.05) is 0 Å². The Bertz CT molecular complexity index is 490. The molecule has 0 heterocycles. The van der Waals surface area contributed by atoms with Gasteiger partial charge in [-0.15, -0.1) is 0 Å². The molecule has 110 valence electrons. The molecule has 1 rings (SSSR count). The minimum absolute atomic E-state index is 0.107. The Labute approximate surface area is 116 Å². The van der Waals surface area contributed by atoms with Crippen LogP contribution in [0.25, 0.3) is 0 Å². The van der Waals surface area contributed by atoms with Crippen LogP contribution in [0.4, 0.5) is 4.39 Å². The SMILES string of the molecule is CCC(NC(=O)CCc1ccc(OC)c(F)c1)C(=O)O. The molecule has 6 heteroatoms. The Hall–Kier alpha value is -2.11. The lowest BCUT2D eigenvalue weighted by Gasteiger charge is -2.12. The van der Waals surface area contributed by atoms with E-state index in [9.17, 15) is 14.0 Å². The number of rotatable bonds is 7. The number of carbonyl (C=O) groups is 2. The van der Waals surface area contributed by atoms with Gasteiger partial charge in [-0.05, 0) is 30.5 Å². The van der Waals surface area contributed by atoms with Crippen LogP contribution in [0.5, 0.6) is 5.75 Å². The van der Waals surface area contributed by atoms with E-state index in [2.05, 4.69) is 5.32 Å². The van der Waals surface area contributed by atoms with Crippen LogP contribution in [-0.4, -0.2) is 30.1 Å². The maximum atomic E-state index is 13.4. The molecule has 0 aromatic heterocycles. The first-order valence-electron chi connectivity index (χ1n) is 6.32. The molecule has 0 spiro atoms. The normalized spacial score (nSPS) is 11.8. The Kier molecular flexibility index (Phi) is 5.96. The number of hydrogen-bond acceptors (Lipinski definition) is 3. The van der Waals surface area contributed by atoms with Crippen molar-refractivity contribution < 1.29 is 23.8 Å². The highest BCUT2D eigenvalue weighted by molar-refractivity contribution is 5.83. The van der Waals surface area contributed by atoms with E-state index in [1.54, 1.807) is 13.0 Å². The molecule has 0 aliphatic carbocycles. The summed E-state index contributed by atoms with van der Waals surface area (Å²) < 4.78 is 18.2. The molecule has 1 aromatic carbocycles. The average Bonchev–Trinajstić information content (AvgIpc) is 2.42. The summed E-state index contributed by atoms with van der Waals surface area (Å²) in [5.41, 5.74) is 0.654. The fraction of sp³-hybridized carbons (Fsp3) is 0.429. The molecule has 0 saturated heterocycles. The maximum Gasteiger partial charge on any atom is 0.326 e. The molecule has 1 atom stereocenters. The summed E-state index contributed by atoms with van der Waals surface area (Å²) in [6, 6.07) is 3.59. The zero-order valence-electron chi connectivity index (χ0n) is 11.5. The highest BCUT2D eigenvalue weighted by atomic mass is 19.1. The monoisotopic (exact) mass is 283 g/mol. The first-order chi connectivity index (χ1) is 9.47. The van der Waals surface area contributed by atoms with Crippen molar-refractivity contribution in [2.75, 3.05) is 7.11 Å². The highest BCUT2D eigenvalue weighted by Gasteiger charge is 2.17. The van der Waals surface area contributed by atoms with Crippen molar-refractivity contribution in [3.8, 4) is 5.75 Å². The molecule has 0 aliphatic rings. The van der Waals surface area contributed by atoms with E-state index in [4.69, 9.17) is 9.84 Å². The van der Waals surface area contributed by atoms with Gasteiger partial charge in [-0.2, -0.15) is 0 Å². The van der Waals surface area contributed by atoms with Crippen LogP contribution >= 0.6 is 0 Å². The second-order valence-electron chi connectivity index (χ2n) is 4.34. The highest BCUT2D eigenvalue weighted by Crippen LogP contribution is 2.18. The first-order valence-corrected chi connectivity index (χ1v) is 6.32. The number of carboxylic acids is 1. The minimum atomic E-state index is -1.06. The maximum absolute atomic E-state index is 13.4. The van der Waals surface area contributed by atoms with Crippen molar-refractivity contribution in [3.63, 3.8) is 0 Å². The van der Waals surface area contributed by atoms with Gasteiger partial charge in [-0.3, -0.25) is 4.79 Å². The van der Waals surface area contributed by atoms with Crippen molar-refractivity contribution >= 4 is 11.9 Å². The van der Waals surface area contributed by atoms with E-state index in [0.29, 0.717) is 18.4 Å². The molecule has 0 aliphatic heterocycles. The lowest BCUT2D eigenvalue weighted by molar-refractivity contribution is -0.141. The van der Waals surface area contributed by atoms with Crippen LogP contribution in [0.15, 0.2) is 18.2 Å². The molecular formula is C14H18FNO4. The zero-order chi connectivity index (χ0) is 15.1. The molecule has 0 fully saturated rings. The van der Waals surface area contributed by atoms with Gasteiger partial charge in [-0.1, -0.05) is 13.0 Å². The fourth-order valence-electron chi connectivity index (χ4n) is 1.73. The van der Waals surface area contributed by atoms with Crippen LogP contribution in [-0.2, 0) is 16.0 Å². The van der Waals surface area contributed by atoms with Crippen LogP contribution in [0.3, 0.4) is 0 Å². The number of methoxy groups -OCH3 is 1. The lowest BCUT2D eigenvalue weighted by atomic mass is 10.1. The summed E-state index contributed by atoms with van der Waals surface area (Å²) in [4.78, 5) is 22.4. The predicted molar refractivity (Wildman–Crippen MR) is 71.1 cm³/mol. The smallest absolute Gasteiger partial charge is 0.326 e.